The summed E-state index contributed by atoms with van der Waals surface area (Å²) in [6.07, 6.45) is 1.09. The number of hydrogen-bond donors (Lipinski definition) is 1. The molecule has 0 aliphatic carbocycles. The molecule has 1 N–H and O–H groups in total. The molecule has 1 atom stereocenters. The minimum Gasteiger partial charge on any atom is -0.535 e. The van der Waals surface area contributed by atoms with Gasteiger partial charge in [0.25, 0.3) is 0 Å². The molecule has 0 unspecified atom stereocenters. The van der Waals surface area contributed by atoms with E-state index in [2.05, 4.69) is 19.2 Å². The van der Waals surface area contributed by atoms with E-state index in [1.54, 1.807) is 6.07 Å². The molecule has 0 aromatic heterocycles. The van der Waals surface area contributed by atoms with Gasteiger partial charge in [0.1, 0.15) is 31.2 Å². The highest BCUT2D eigenvalue weighted by atomic mass is 16.5. The van der Waals surface area contributed by atoms with Crippen LogP contribution >= 0.6 is 0 Å². The van der Waals surface area contributed by atoms with Gasteiger partial charge < -0.3 is 18.9 Å². The van der Waals surface area contributed by atoms with Gasteiger partial charge in [0.05, 0.1) is 25.8 Å². The number of carbonyl (C=O) groups is 2. The van der Waals surface area contributed by atoms with E-state index < -0.39 is 7.12 Å². The minimum atomic E-state index is -1.09. The van der Waals surface area contributed by atoms with Crippen molar-refractivity contribution in [3.63, 3.8) is 0 Å². The SMILES string of the molecule is CC(=O)c1cccc2c1OB(O)[C@@H](CC(=O)Cc1ccc(C[N+]3(C)CCOCC3)cc1)C2. The molecule has 0 spiro atoms. The van der Waals surface area contributed by atoms with E-state index in [0.29, 0.717) is 24.2 Å². The van der Waals surface area contributed by atoms with Crippen molar-refractivity contribution >= 4 is 18.7 Å². The van der Waals surface area contributed by atoms with Crippen LogP contribution in [0.25, 0.3) is 0 Å². The van der Waals surface area contributed by atoms with Crippen molar-refractivity contribution in [2.75, 3.05) is 33.4 Å². The molecule has 0 saturated carbocycles. The van der Waals surface area contributed by atoms with Gasteiger partial charge in [0.15, 0.2) is 5.78 Å². The van der Waals surface area contributed by atoms with Crippen molar-refractivity contribution in [2.24, 2.45) is 0 Å². The molecule has 32 heavy (non-hydrogen) atoms. The zero-order valence-electron chi connectivity index (χ0n) is 18.9. The average molecular weight is 436 g/mol. The van der Waals surface area contributed by atoms with E-state index in [9.17, 15) is 14.6 Å². The first-order valence-electron chi connectivity index (χ1n) is 11.3. The molecule has 2 aromatic rings. The lowest BCUT2D eigenvalue weighted by Gasteiger charge is -2.37. The molecule has 0 radical (unpaired) electrons. The Bertz CT molecular complexity index is 984. The summed E-state index contributed by atoms with van der Waals surface area (Å²) in [7, 11) is 1.17. The average Bonchev–Trinajstić information content (AvgIpc) is 2.75. The van der Waals surface area contributed by atoms with Crippen LogP contribution in [0.3, 0.4) is 0 Å². The number of fused-ring (bicyclic) bond motifs is 1. The fourth-order valence-corrected chi connectivity index (χ4v) is 4.67. The number of rotatable bonds is 7. The Morgan fingerprint density at radius 2 is 1.78 bits per heavy atom. The van der Waals surface area contributed by atoms with Crippen molar-refractivity contribution in [1.82, 2.24) is 0 Å². The molecule has 0 amide bonds. The summed E-state index contributed by atoms with van der Waals surface area (Å²) in [6.45, 7) is 6.09. The van der Waals surface area contributed by atoms with Crippen LogP contribution in [-0.4, -0.2) is 61.5 Å². The molecule has 6 nitrogen and oxygen atoms in total. The number of morpholine rings is 1. The maximum Gasteiger partial charge on any atom is 0.526 e. The molecule has 168 valence electrons. The van der Waals surface area contributed by atoms with Crippen LogP contribution in [0, 0.1) is 0 Å². The zero-order chi connectivity index (χ0) is 22.7. The minimum absolute atomic E-state index is 0.0729. The van der Waals surface area contributed by atoms with E-state index in [1.807, 2.05) is 24.3 Å². The van der Waals surface area contributed by atoms with Gasteiger partial charge in [-0.05, 0) is 30.5 Å². The van der Waals surface area contributed by atoms with Gasteiger partial charge in [-0.1, -0.05) is 36.4 Å². The van der Waals surface area contributed by atoms with E-state index >= 15 is 0 Å². The van der Waals surface area contributed by atoms with E-state index in [4.69, 9.17) is 9.39 Å². The molecule has 1 saturated heterocycles. The second-order valence-corrected chi connectivity index (χ2v) is 9.40. The van der Waals surface area contributed by atoms with Gasteiger partial charge in [0, 0.05) is 24.2 Å². The number of ketones is 2. The van der Waals surface area contributed by atoms with Gasteiger partial charge in [-0.15, -0.1) is 0 Å². The van der Waals surface area contributed by atoms with E-state index in [-0.39, 0.29) is 23.8 Å². The third kappa shape index (κ3) is 5.29. The number of hydrogen-bond acceptors (Lipinski definition) is 5. The summed E-state index contributed by atoms with van der Waals surface area (Å²) in [5.41, 5.74) is 3.58. The first-order chi connectivity index (χ1) is 15.3. The number of benzene rings is 2. The topological polar surface area (TPSA) is 72.8 Å². The molecule has 1 fully saturated rings. The second-order valence-electron chi connectivity index (χ2n) is 9.40. The largest absolute Gasteiger partial charge is 0.535 e. The van der Waals surface area contributed by atoms with Crippen LogP contribution < -0.4 is 4.65 Å². The van der Waals surface area contributed by atoms with Crippen LogP contribution in [0.5, 0.6) is 5.75 Å². The second kappa shape index (κ2) is 9.57. The molecular weight excluding hydrogens is 405 g/mol. The van der Waals surface area contributed by atoms with Crippen LogP contribution in [0.4, 0.5) is 0 Å². The van der Waals surface area contributed by atoms with Gasteiger partial charge in [-0.2, -0.15) is 0 Å². The highest BCUT2D eigenvalue weighted by Gasteiger charge is 2.37. The first kappa shape index (κ1) is 22.7. The van der Waals surface area contributed by atoms with Gasteiger partial charge in [-0.3, -0.25) is 9.59 Å². The van der Waals surface area contributed by atoms with Crippen molar-refractivity contribution < 1.29 is 28.5 Å². The Balaban J connectivity index is 1.34. The van der Waals surface area contributed by atoms with Crippen molar-refractivity contribution in [2.45, 2.75) is 38.5 Å². The molecule has 7 heteroatoms. The fourth-order valence-electron chi connectivity index (χ4n) is 4.67. The van der Waals surface area contributed by atoms with Gasteiger partial charge in [-0.25, -0.2) is 0 Å². The van der Waals surface area contributed by atoms with E-state index in [0.717, 1.165) is 48.5 Å². The van der Waals surface area contributed by atoms with Crippen molar-refractivity contribution in [3.05, 3.63) is 64.7 Å². The number of likely N-dealkylation sites (N-methyl/N-ethyl adjacent to an activating group) is 1. The Labute approximate surface area is 189 Å². The standard InChI is InChI=1S/C25H31BNO5/c1-18(28)24-5-3-4-21-15-22(26(30)32-25(21)24)16-23(29)14-19-6-8-20(9-7-19)17-27(2)10-12-31-13-11-27/h3-9,22,30H,10-17H2,1-2H3/q+1/t22-/m1/s1. The lowest BCUT2D eigenvalue weighted by molar-refractivity contribution is -0.929. The molecule has 2 aliphatic heterocycles. The molecule has 4 rings (SSSR count). The summed E-state index contributed by atoms with van der Waals surface area (Å²) in [6, 6.07) is 13.7. The summed E-state index contributed by atoms with van der Waals surface area (Å²) >= 11 is 0. The van der Waals surface area contributed by atoms with E-state index in [1.165, 1.54) is 12.5 Å². The lowest BCUT2D eigenvalue weighted by atomic mass is 9.64. The lowest BCUT2D eigenvalue weighted by Crippen LogP contribution is -2.51. The van der Waals surface area contributed by atoms with Crippen LogP contribution in [0.15, 0.2) is 42.5 Å². The monoisotopic (exact) mass is 436 g/mol. The quantitative estimate of drug-likeness (QED) is 0.411. The summed E-state index contributed by atoms with van der Waals surface area (Å²) in [5.74, 6) is 0.103. The maximum absolute atomic E-state index is 12.7. The van der Waals surface area contributed by atoms with Gasteiger partial charge >= 0.3 is 7.12 Å². The molecule has 2 aliphatic rings. The zero-order valence-corrected chi connectivity index (χ0v) is 18.9. The normalized spacial score (nSPS) is 19.7. The predicted molar refractivity (Wildman–Crippen MR) is 123 cm³/mol. The number of quaternary nitrogens is 1. The van der Waals surface area contributed by atoms with Crippen molar-refractivity contribution in [1.29, 1.82) is 0 Å². The maximum atomic E-state index is 12.7. The van der Waals surface area contributed by atoms with Crippen LogP contribution in [0.2, 0.25) is 5.82 Å². The highest BCUT2D eigenvalue weighted by molar-refractivity contribution is 6.47. The fraction of sp³-hybridized carbons (Fsp3) is 0.440. The number of ether oxygens (including phenoxy) is 1. The molecule has 2 heterocycles. The molecular formula is C25H31BNO5+. The number of carbonyl (C=O) groups excluding carboxylic acids is 2. The Morgan fingerprint density at radius 1 is 1.09 bits per heavy atom. The summed E-state index contributed by atoms with van der Waals surface area (Å²) in [5, 5.41) is 10.5. The highest BCUT2D eigenvalue weighted by Crippen LogP contribution is 2.36. The number of nitrogens with zero attached hydrogens (tertiary/aromatic N) is 1. The Kier molecular flexibility index (Phi) is 6.79. The van der Waals surface area contributed by atoms with Crippen molar-refractivity contribution in [3.8, 4) is 5.75 Å². The molecule has 2 aromatic carbocycles. The molecule has 0 bridgehead atoms. The third-order valence-electron chi connectivity index (χ3n) is 6.63. The van der Waals surface area contributed by atoms with Crippen LogP contribution in [-0.2, 0) is 28.9 Å². The first-order valence-corrected chi connectivity index (χ1v) is 11.3. The Morgan fingerprint density at radius 3 is 2.47 bits per heavy atom. The van der Waals surface area contributed by atoms with Crippen LogP contribution in [0.1, 0.15) is 40.4 Å². The third-order valence-corrected chi connectivity index (χ3v) is 6.63. The smallest absolute Gasteiger partial charge is 0.526 e. The van der Waals surface area contributed by atoms with Gasteiger partial charge in [0.2, 0.25) is 0 Å². The summed E-state index contributed by atoms with van der Waals surface area (Å²) < 4.78 is 12.1. The number of Topliss-reactive ketones (excluding diaryl/α,β-unsaturated/α-hetero) is 2. The summed E-state index contributed by atoms with van der Waals surface area (Å²) in [4.78, 5) is 24.5. The Hall–Kier alpha value is -2.48. The number of para-hydroxylation sites is 1. The predicted octanol–water partition coefficient (Wildman–Crippen LogP) is 2.85.